The average Bonchev–Trinajstić information content (AvgIpc) is 2.16. The predicted molar refractivity (Wildman–Crippen MR) is 60.8 cm³/mol. The van der Waals surface area contributed by atoms with Crippen molar-refractivity contribution in [2.45, 2.75) is 71.9 Å². The number of hydrogen-bond donors (Lipinski definition) is 0. The lowest BCUT2D eigenvalue weighted by Gasteiger charge is -2.29. The summed E-state index contributed by atoms with van der Waals surface area (Å²) in [5.41, 5.74) is 0. The molecule has 0 N–H and O–H groups in total. The number of hydrogen-bond acceptors (Lipinski definition) is 2. The van der Waals surface area contributed by atoms with Crippen LogP contribution >= 0.6 is 0 Å². The Morgan fingerprint density at radius 2 is 1.64 bits per heavy atom. The van der Waals surface area contributed by atoms with E-state index in [0.29, 0.717) is 12.1 Å². The molecular formula is C12H24N2. The second kappa shape index (κ2) is 7.67. The van der Waals surface area contributed by atoms with E-state index in [-0.39, 0.29) is 0 Å². The molecule has 0 aliphatic carbocycles. The van der Waals surface area contributed by atoms with Crippen molar-refractivity contribution in [3.8, 4) is 6.19 Å². The molecule has 0 spiro atoms. The van der Waals surface area contributed by atoms with Crippen LogP contribution in [0.25, 0.3) is 0 Å². The standard InChI is InChI=1S/C12H24N2/c1-5-7-9-12(4)14(10-13)11(3)8-6-2/h11-12H,5-9H2,1-4H3. The lowest BCUT2D eigenvalue weighted by atomic mass is 10.1. The van der Waals surface area contributed by atoms with Crippen molar-refractivity contribution >= 4 is 0 Å². The minimum atomic E-state index is 0.400. The highest BCUT2D eigenvalue weighted by molar-refractivity contribution is 4.84. The molecule has 2 atom stereocenters. The molecule has 0 aliphatic heterocycles. The first-order valence-electron chi connectivity index (χ1n) is 5.85. The van der Waals surface area contributed by atoms with Crippen LogP contribution in [-0.4, -0.2) is 17.0 Å². The molecule has 0 heterocycles. The van der Waals surface area contributed by atoms with Gasteiger partial charge in [-0.2, -0.15) is 5.26 Å². The van der Waals surface area contributed by atoms with Crippen LogP contribution in [-0.2, 0) is 0 Å². The van der Waals surface area contributed by atoms with Gasteiger partial charge in [-0.05, 0) is 26.7 Å². The lowest BCUT2D eigenvalue weighted by Crippen LogP contribution is -2.36. The van der Waals surface area contributed by atoms with Crippen LogP contribution in [0, 0.1) is 11.5 Å². The van der Waals surface area contributed by atoms with Gasteiger partial charge in [0.1, 0.15) is 0 Å². The van der Waals surface area contributed by atoms with Crippen LogP contribution in [0.3, 0.4) is 0 Å². The number of nitrogens with zero attached hydrogens (tertiary/aromatic N) is 2. The van der Waals surface area contributed by atoms with Crippen molar-refractivity contribution < 1.29 is 0 Å². The van der Waals surface area contributed by atoms with Gasteiger partial charge in [-0.25, -0.2) is 0 Å². The van der Waals surface area contributed by atoms with Gasteiger partial charge in [0.05, 0.1) is 0 Å². The highest BCUT2D eigenvalue weighted by atomic mass is 15.2. The molecule has 14 heavy (non-hydrogen) atoms. The Bertz CT molecular complexity index is 172. The third-order valence-corrected chi connectivity index (χ3v) is 2.75. The summed E-state index contributed by atoms with van der Waals surface area (Å²) in [7, 11) is 0. The van der Waals surface area contributed by atoms with Crippen molar-refractivity contribution in [1.82, 2.24) is 4.90 Å². The molecule has 82 valence electrons. The summed E-state index contributed by atoms with van der Waals surface area (Å²) in [5, 5.41) is 9.07. The van der Waals surface area contributed by atoms with Crippen LogP contribution in [0.15, 0.2) is 0 Å². The molecule has 0 saturated carbocycles. The molecule has 0 amide bonds. The predicted octanol–water partition coefficient (Wildman–Crippen LogP) is 3.54. The van der Waals surface area contributed by atoms with Gasteiger partial charge in [0.25, 0.3) is 0 Å². The number of unbranched alkanes of at least 4 members (excludes halogenated alkanes) is 1. The van der Waals surface area contributed by atoms with E-state index in [1.165, 1.54) is 12.8 Å². The van der Waals surface area contributed by atoms with Crippen molar-refractivity contribution in [3.63, 3.8) is 0 Å². The normalized spacial score (nSPS) is 14.5. The zero-order chi connectivity index (χ0) is 11.0. The number of nitriles is 1. The Labute approximate surface area is 88.9 Å². The van der Waals surface area contributed by atoms with Crippen LogP contribution < -0.4 is 0 Å². The Morgan fingerprint density at radius 1 is 1.07 bits per heavy atom. The van der Waals surface area contributed by atoms with Crippen molar-refractivity contribution in [3.05, 3.63) is 0 Å². The molecule has 2 heteroatoms. The van der Waals surface area contributed by atoms with Crippen LogP contribution in [0.5, 0.6) is 0 Å². The summed E-state index contributed by atoms with van der Waals surface area (Å²) in [6, 6.07) is 0.804. The molecule has 2 unspecified atom stereocenters. The van der Waals surface area contributed by atoms with E-state index in [4.69, 9.17) is 5.26 Å². The first-order valence-corrected chi connectivity index (χ1v) is 5.85. The molecule has 0 rings (SSSR count). The maximum absolute atomic E-state index is 9.07. The van der Waals surface area contributed by atoms with Crippen LogP contribution in [0.1, 0.15) is 59.8 Å². The molecule has 0 saturated heterocycles. The minimum absolute atomic E-state index is 0.400. The van der Waals surface area contributed by atoms with Crippen molar-refractivity contribution in [2.75, 3.05) is 0 Å². The molecule has 0 aromatic rings. The second-order valence-electron chi connectivity index (χ2n) is 4.14. The van der Waals surface area contributed by atoms with Crippen molar-refractivity contribution in [1.29, 1.82) is 5.26 Å². The molecule has 0 aromatic carbocycles. The minimum Gasteiger partial charge on any atom is -0.305 e. The van der Waals surface area contributed by atoms with E-state index < -0.39 is 0 Å². The summed E-state index contributed by atoms with van der Waals surface area (Å²) in [6.07, 6.45) is 8.17. The third kappa shape index (κ3) is 4.50. The summed E-state index contributed by atoms with van der Waals surface area (Å²) in [6.45, 7) is 8.67. The van der Waals surface area contributed by atoms with Gasteiger partial charge in [0, 0.05) is 12.1 Å². The maximum atomic E-state index is 9.07. The largest absolute Gasteiger partial charge is 0.305 e. The zero-order valence-electron chi connectivity index (χ0n) is 10.1. The molecule has 0 fully saturated rings. The molecule has 0 radical (unpaired) electrons. The first kappa shape index (κ1) is 13.3. The van der Waals surface area contributed by atoms with E-state index in [2.05, 4.69) is 33.9 Å². The fourth-order valence-corrected chi connectivity index (χ4v) is 1.83. The van der Waals surface area contributed by atoms with Crippen molar-refractivity contribution in [2.24, 2.45) is 0 Å². The molecule has 0 aromatic heterocycles. The van der Waals surface area contributed by atoms with E-state index in [1.807, 2.05) is 4.90 Å². The molecule has 0 aliphatic rings. The fourth-order valence-electron chi connectivity index (χ4n) is 1.83. The lowest BCUT2D eigenvalue weighted by molar-refractivity contribution is 0.217. The van der Waals surface area contributed by atoms with Gasteiger partial charge in [0.2, 0.25) is 0 Å². The SMILES string of the molecule is CCCCC(C)N(C#N)C(C)CCC. The van der Waals surface area contributed by atoms with Gasteiger partial charge in [-0.3, -0.25) is 0 Å². The summed E-state index contributed by atoms with van der Waals surface area (Å²) in [5.74, 6) is 0. The maximum Gasteiger partial charge on any atom is 0.179 e. The summed E-state index contributed by atoms with van der Waals surface area (Å²) in [4.78, 5) is 1.96. The highest BCUT2D eigenvalue weighted by Crippen LogP contribution is 2.13. The van der Waals surface area contributed by atoms with E-state index in [9.17, 15) is 0 Å². The van der Waals surface area contributed by atoms with Gasteiger partial charge < -0.3 is 4.90 Å². The van der Waals surface area contributed by atoms with Gasteiger partial charge in [-0.1, -0.05) is 33.1 Å². The van der Waals surface area contributed by atoms with Gasteiger partial charge >= 0.3 is 0 Å². The van der Waals surface area contributed by atoms with Crippen LogP contribution in [0.4, 0.5) is 0 Å². The Kier molecular flexibility index (Phi) is 7.28. The van der Waals surface area contributed by atoms with Gasteiger partial charge in [0.15, 0.2) is 6.19 Å². The van der Waals surface area contributed by atoms with E-state index >= 15 is 0 Å². The highest BCUT2D eigenvalue weighted by Gasteiger charge is 2.16. The topological polar surface area (TPSA) is 27.0 Å². The van der Waals surface area contributed by atoms with E-state index in [1.54, 1.807) is 0 Å². The molecular weight excluding hydrogens is 172 g/mol. The smallest absolute Gasteiger partial charge is 0.179 e. The Balaban J connectivity index is 4.05. The first-order chi connectivity index (χ1) is 6.67. The molecule has 0 bridgehead atoms. The summed E-state index contributed by atoms with van der Waals surface area (Å²) < 4.78 is 0. The van der Waals surface area contributed by atoms with E-state index in [0.717, 1.165) is 19.3 Å². The Morgan fingerprint density at radius 3 is 2.07 bits per heavy atom. The number of rotatable bonds is 7. The fraction of sp³-hybridized carbons (Fsp3) is 0.917. The van der Waals surface area contributed by atoms with Crippen LogP contribution in [0.2, 0.25) is 0 Å². The average molecular weight is 196 g/mol. The Hall–Kier alpha value is -0.710. The molecule has 2 nitrogen and oxygen atoms in total. The monoisotopic (exact) mass is 196 g/mol. The quantitative estimate of drug-likeness (QED) is 0.460. The van der Waals surface area contributed by atoms with Gasteiger partial charge in [-0.15, -0.1) is 0 Å². The second-order valence-corrected chi connectivity index (χ2v) is 4.14. The zero-order valence-corrected chi connectivity index (χ0v) is 10.1. The third-order valence-electron chi connectivity index (χ3n) is 2.75. The summed E-state index contributed by atoms with van der Waals surface area (Å²) >= 11 is 0.